The molecule has 18 heavy (non-hydrogen) atoms. The van der Waals surface area contributed by atoms with E-state index in [-0.39, 0.29) is 30.5 Å². The van der Waals surface area contributed by atoms with E-state index in [2.05, 4.69) is 10.6 Å². The van der Waals surface area contributed by atoms with Crippen molar-refractivity contribution in [2.24, 2.45) is 0 Å². The summed E-state index contributed by atoms with van der Waals surface area (Å²) >= 11 is 0. The summed E-state index contributed by atoms with van der Waals surface area (Å²) in [4.78, 5) is 32.0. The fourth-order valence-corrected chi connectivity index (χ4v) is 1.27. The van der Waals surface area contributed by atoms with Crippen LogP contribution in [0.3, 0.4) is 0 Å². The maximum Gasteiger partial charge on any atom is 0.271 e. The number of nitro groups is 1. The van der Waals surface area contributed by atoms with Crippen molar-refractivity contribution in [1.82, 2.24) is 5.32 Å². The summed E-state index contributed by atoms with van der Waals surface area (Å²) in [6, 6.07) is 5.66. The molecule has 0 saturated heterocycles. The van der Waals surface area contributed by atoms with Gasteiger partial charge in [0.25, 0.3) is 5.69 Å². The molecule has 0 aliphatic carbocycles. The molecule has 96 valence electrons. The van der Waals surface area contributed by atoms with Crippen molar-refractivity contribution in [2.75, 3.05) is 11.9 Å². The van der Waals surface area contributed by atoms with Crippen LogP contribution in [0.1, 0.15) is 13.3 Å². The Morgan fingerprint density at radius 3 is 2.72 bits per heavy atom. The van der Waals surface area contributed by atoms with E-state index < -0.39 is 4.92 Å². The first kappa shape index (κ1) is 13.6. The average molecular weight is 251 g/mol. The second kappa shape index (κ2) is 6.33. The Bertz CT molecular complexity index is 473. The van der Waals surface area contributed by atoms with Crippen molar-refractivity contribution in [3.05, 3.63) is 34.4 Å². The highest BCUT2D eigenvalue weighted by Crippen LogP contribution is 2.16. The number of nitrogens with one attached hydrogen (secondary N) is 2. The molecule has 0 aliphatic heterocycles. The smallest absolute Gasteiger partial charge is 0.271 e. The van der Waals surface area contributed by atoms with E-state index in [1.165, 1.54) is 25.1 Å². The third-order valence-electron chi connectivity index (χ3n) is 2.07. The minimum Gasteiger partial charge on any atom is -0.356 e. The van der Waals surface area contributed by atoms with Gasteiger partial charge in [0.1, 0.15) is 0 Å². The van der Waals surface area contributed by atoms with Crippen LogP contribution in [-0.2, 0) is 9.59 Å². The van der Waals surface area contributed by atoms with Gasteiger partial charge in [-0.3, -0.25) is 19.7 Å². The van der Waals surface area contributed by atoms with Crippen LogP contribution in [0.4, 0.5) is 11.4 Å². The second-order valence-corrected chi connectivity index (χ2v) is 3.59. The lowest BCUT2D eigenvalue weighted by atomic mass is 10.2. The van der Waals surface area contributed by atoms with Crippen molar-refractivity contribution in [1.29, 1.82) is 0 Å². The molecule has 1 aromatic carbocycles. The molecule has 0 radical (unpaired) electrons. The Balaban J connectivity index is 2.51. The first-order valence-electron chi connectivity index (χ1n) is 5.28. The van der Waals surface area contributed by atoms with Gasteiger partial charge in [-0.05, 0) is 6.07 Å². The van der Waals surface area contributed by atoms with Crippen LogP contribution in [0, 0.1) is 10.1 Å². The zero-order valence-corrected chi connectivity index (χ0v) is 9.80. The first-order chi connectivity index (χ1) is 8.49. The van der Waals surface area contributed by atoms with Crippen molar-refractivity contribution >= 4 is 23.2 Å². The molecule has 0 heterocycles. The Labute approximate surface area is 103 Å². The molecule has 0 fully saturated rings. The molecule has 0 unspecified atom stereocenters. The molecule has 1 aromatic rings. The van der Waals surface area contributed by atoms with Gasteiger partial charge in [-0.1, -0.05) is 6.07 Å². The van der Waals surface area contributed by atoms with Gasteiger partial charge in [0.05, 0.1) is 4.92 Å². The van der Waals surface area contributed by atoms with Crippen LogP contribution in [0.2, 0.25) is 0 Å². The highest BCUT2D eigenvalue weighted by atomic mass is 16.6. The summed E-state index contributed by atoms with van der Waals surface area (Å²) in [5, 5.41) is 15.5. The normalized spacial score (nSPS) is 9.61. The molecule has 7 nitrogen and oxygen atoms in total. The second-order valence-electron chi connectivity index (χ2n) is 3.59. The molecule has 0 aliphatic rings. The number of rotatable bonds is 5. The summed E-state index contributed by atoms with van der Waals surface area (Å²) in [5.74, 6) is -0.526. The minimum atomic E-state index is -0.535. The van der Waals surface area contributed by atoms with Crippen LogP contribution in [0.5, 0.6) is 0 Å². The first-order valence-corrected chi connectivity index (χ1v) is 5.28. The lowest BCUT2D eigenvalue weighted by Gasteiger charge is -2.05. The van der Waals surface area contributed by atoms with Crippen LogP contribution < -0.4 is 10.6 Å². The zero-order valence-electron chi connectivity index (χ0n) is 9.80. The van der Waals surface area contributed by atoms with Gasteiger partial charge in [-0.2, -0.15) is 0 Å². The average Bonchev–Trinajstić information content (AvgIpc) is 2.28. The summed E-state index contributed by atoms with van der Waals surface area (Å²) in [6.45, 7) is 1.59. The van der Waals surface area contributed by atoms with E-state index >= 15 is 0 Å². The molecule has 0 spiro atoms. The van der Waals surface area contributed by atoms with Gasteiger partial charge in [-0.15, -0.1) is 0 Å². The molecule has 2 N–H and O–H groups in total. The van der Waals surface area contributed by atoms with Crippen LogP contribution in [0.25, 0.3) is 0 Å². The number of anilines is 1. The fourth-order valence-electron chi connectivity index (χ4n) is 1.27. The number of carbonyl (C=O) groups is 2. The zero-order chi connectivity index (χ0) is 13.5. The van der Waals surface area contributed by atoms with Crippen molar-refractivity contribution in [2.45, 2.75) is 13.3 Å². The van der Waals surface area contributed by atoms with Crippen molar-refractivity contribution < 1.29 is 14.5 Å². The van der Waals surface area contributed by atoms with E-state index in [9.17, 15) is 19.7 Å². The third kappa shape index (κ3) is 4.60. The van der Waals surface area contributed by atoms with Gasteiger partial charge in [0.15, 0.2) is 0 Å². The Kier molecular flexibility index (Phi) is 4.79. The maximum atomic E-state index is 11.4. The summed E-state index contributed by atoms with van der Waals surface area (Å²) in [7, 11) is 0. The Hall–Kier alpha value is -2.44. The molecule has 2 amide bonds. The number of benzene rings is 1. The Morgan fingerprint density at radius 1 is 1.39 bits per heavy atom. The highest BCUT2D eigenvalue weighted by Gasteiger charge is 2.08. The molecule has 0 saturated carbocycles. The standard InChI is InChI=1S/C11H13N3O4/c1-8(15)12-6-5-11(16)13-9-3-2-4-10(7-9)14(17)18/h2-4,7H,5-6H2,1H3,(H,12,15)(H,13,16). The van der Waals surface area contributed by atoms with Crippen LogP contribution in [-0.4, -0.2) is 23.3 Å². The molecular formula is C11H13N3O4. The van der Waals surface area contributed by atoms with Gasteiger partial charge in [-0.25, -0.2) is 0 Å². The topological polar surface area (TPSA) is 101 Å². The minimum absolute atomic E-state index is 0.0883. The van der Waals surface area contributed by atoms with Crippen molar-refractivity contribution in [3.8, 4) is 0 Å². The highest BCUT2D eigenvalue weighted by molar-refractivity contribution is 5.91. The summed E-state index contributed by atoms with van der Waals surface area (Å²) in [6.07, 6.45) is 0.113. The lowest BCUT2D eigenvalue weighted by Crippen LogP contribution is -2.25. The molecule has 0 aromatic heterocycles. The van der Waals surface area contributed by atoms with E-state index in [0.29, 0.717) is 5.69 Å². The van der Waals surface area contributed by atoms with Gasteiger partial charge >= 0.3 is 0 Å². The summed E-state index contributed by atoms with van der Waals surface area (Å²) < 4.78 is 0. The molecule has 7 heteroatoms. The predicted molar refractivity (Wildman–Crippen MR) is 65.0 cm³/mol. The molecular weight excluding hydrogens is 238 g/mol. The number of carbonyl (C=O) groups excluding carboxylic acids is 2. The van der Waals surface area contributed by atoms with Crippen LogP contribution >= 0.6 is 0 Å². The fraction of sp³-hybridized carbons (Fsp3) is 0.273. The number of non-ortho nitro benzene ring substituents is 1. The SMILES string of the molecule is CC(=O)NCCC(=O)Nc1cccc([N+](=O)[O-])c1. The largest absolute Gasteiger partial charge is 0.356 e. The third-order valence-corrected chi connectivity index (χ3v) is 2.07. The van der Waals surface area contributed by atoms with E-state index in [1.54, 1.807) is 6.07 Å². The monoisotopic (exact) mass is 251 g/mol. The van der Waals surface area contributed by atoms with Gasteiger partial charge in [0, 0.05) is 37.7 Å². The number of amides is 2. The number of hydrogen-bond donors (Lipinski definition) is 2. The number of hydrogen-bond acceptors (Lipinski definition) is 4. The van der Waals surface area contributed by atoms with Crippen molar-refractivity contribution in [3.63, 3.8) is 0 Å². The predicted octanol–water partition coefficient (Wildman–Crippen LogP) is 1.06. The lowest BCUT2D eigenvalue weighted by molar-refractivity contribution is -0.384. The van der Waals surface area contributed by atoms with Gasteiger partial charge < -0.3 is 10.6 Å². The number of nitrogens with zero attached hydrogens (tertiary/aromatic N) is 1. The van der Waals surface area contributed by atoms with Gasteiger partial charge in [0.2, 0.25) is 11.8 Å². The molecule has 0 bridgehead atoms. The quantitative estimate of drug-likeness (QED) is 0.603. The van der Waals surface area contributed by atoms with E-state index in [0.717, 1.165) is 0 Å². The van der Waals surface area contributed by atoms with E-state index in [4.69, 9.17) is 0 Å². The Morgan fingerprint density at radius 2 is 2.11 bits per heavy atom. The maximum absolute atomic E-state index is 11.4. The van der Waals surface area contributed by atoms with Crippen LogP contribution in [0.15, 0.2) is 24.3 Å². The molecule has 0 atom stereocenters. The molecule has 1 rings (SSSR count). The van der Waals surface area contributed by atoms with E-state index in [1.807, 2.05) is 0 Å². The summed E-state index contributed by atoms with van der Waals surface area (Å²) in [5.41, 5.74) is 0.270. The number of nitro benzene ring substituents is 1.